The molecule has 0 saturated carbocycles. The fourth-order valence-electron chi connectivity index (χ4n) is 11.7. The van der Waals surface area contributed by atoms with Crippen molar-refractivity contribution in [3.8, 4) is 11.1 Å². The third-order valence-corrected chi connectivity index (χ3v) is 16.6. The molecule has 6 aromatic carbocycles. The monoisotopic (exact) mass is 866 g/mol. The highest BCUT2D eigenvalue weighted by Gasteiger charge is 2.47. The Morgan fingerprint density at radius 1 is 0.692 bits per heavy atom. The molecule has 0 saturated heterocycles. The van der Waals surface area contributed by atoms with Crippen LogP contribution in [0.15, 0.2) is 133 Å². The summed E-state index contributed by atoms with van der Waals surface area (Å²) in [5.41, 5.74) is 23.0. The highest BCUT2D eigenvalue weighted by atomic mass is 32.1. The first-order valence-electron chi connectivity index (χ1n) is 24.1. The standard InChI is InChI=1S/C61H63BN2S/c1-37(2)42-22-27-51-50(34-42)62-55-52(32-39(4)33-53(55)64(51)56-45(40-18-14-12-15-19-40)30-38(3)31-46(56)41-20-16-13-17-21-41)63(44-25-23-43(24-26-44)59(5,6)7)57-47-35-48-49(36-54(47)65-58(57)62)61(10,11)29-28-60(48,8)9/h12-20,22-27,30-37,41H,21,28-29H2,1-11H3. The molecule has 2 nitrogen and oxygen atoms in total. The lowest BCUT2D eigenvalue weighted by atomic mass is 9.36. The molecule has 326 valence electrons. The largest absolute Gasteiger partial charge is 0.311 e. The molecule has 0 amide bonds. The molecule has 65 heavy (non-hydrogen) atoms. The summed E-state index contributed by atoms with van der Waals surface area (Å²) in [4.78, 5) is 5.38. The fourth-order valence-corrected chi connectivity index (χ4v) is 13.0. The van der Waals surface area contributed by atoms with Crippen LogP contribution in [0.5, 0.6) is 0 Å². The Balaban J connectivity index is 1.27. The average molecular weight is 867 g/mol. The summed E-state index contributed by atoms with van der Waals surface area (Å²) in [6, 6.07) is 43.3. The normalized spacial score (nSPS) is 17.9. The number of allylic oxidation sites excluding steroid dienone is 4. The smallest absolute Gasteiger partial charge is 0.264 e. The quantitative estimate of drug-likeness (QED) is 0.159. The molecule has 1 aromatic heterocycles. The summed E-state index contributed by atoms with van der Waals surface area (Å²) in [6.45, 7) is 26.2. The molecule has 11 rings (SSSR count). The number of rotatable bonds is 5. The van der Waals surface area contributed by atoms with Gasteiger partial charge in [-0.1, -0.05) is 153 Å². The maximum Gasteiger partial charge on any atom is 0.264 e. The van der Waals surface area contributed by atoms with Crippen LogP contribution in [0.25, 0.3) is 21.2 Å². The van der Waals surface area contributed by atoms with Gasteiger partial charge in [-0.3, -0.25) is 0 Å². The van der Waals surface area contributed by atoms with Crippen molar-refractivity contribution in [1.82, 2.24) is 0 Å². The first-order chi connectivity index (χ1) is 31.0. The number of fused-ring (bicyclic) bond motifs is 7. The number of hydrogen-bond acceptors (Lipinski definition) is 3. The van der Waals surface area contributed by atoms with E-state index in [0.717, 1.165) is 6.42 Å². The molecule has 2 aliphatic carbocycles. The van der Waals surface area contributed by atoms with E-state index in [0.29, 0.717) is 5.92 Å². The summed E-state index contributed by atoms with van der Waals surface area (Å²) in [5, 5.41) is 1.39. The Bertz CT molecular complexity index is 3120. The van der Waals surface area contributed by atoms with Crippen molar-refractivity contribution >= 4 is 78.0 Å². The minimum absolute atomic E-state index is 0.0512. The van der Waals surface area contributed by atoms with Gasteiger partial charge in [0.2, 0.25) is 0 Å². The molecule has 3 heterocycles. The van der Waals surface area contributed by atoms with Gasteiger partial charge in [-0.2, -0.15) is 0 Å². The Kier molecular flexibility index (Phi) is 9.70. The Morgan fingerprint density at radius 3 is 2.03 bits per heavy atom. The van der Waals surface area contributed by atoms with Crippen molar-refractivity contribution in [3.63, 3.8) is 0 Å². The maximum absolute atomic E-state index is 2.70. The van der Waals surface area contributed by atoms with Gasteiger partial charge in [0.05, 0.1) is 11.4 Å². The third-order valence-electron chi connectivity index (χ3n) is 15.4. The number of nitrogens with zero attached hydrogens (tertiary/aromatic N) is 2. The summed E-state index contributed by atoms with van der Waals surface area (Å²) in [6.07, 6.45) is 12.6. The Labute approximate surface area is 392 Å². The van der Waals surface area contributed by atoms with Gasteiger partial charge in [0.1, 0.15) is 0 Å². The molecule has 0 fully saturated rings. The zero-order valence-electron chi connectivity index (χ0n) is 40.4. The lowest BCUT2D eigenvalue weighted by molar-refractivity contribution is 0.332. The molecule has 0 bridgehead atoms. The van der Waals surface area contributed by atoms with Gasteiger partial charge in [-0.25, -0.2) is 0 Å². The van der Waals surface area contributed by atoms with E-state index in [-0.39, 0.29) is 28.9 Å². The van der Waals surface area contributed by atoms with E-state index >= 15 is 0 Å². The predicted molar refractivity (Wildman–Crippen MR) is 284 cm³/mol. The van der Waals surface area contributed by atoms with Gasteiger partial charge >= 0.3 is 0 Å². The summed E-state index contributed by atoms with van der Waals surface area (Å²) in [7, 11) is 0. The molecule has 4 aliphatic rings. The Morgan fingerprint density at radius 2 is 1.37 bits per heavy atom. The number of hydrogen-bond donors (Lipinski definition) is 0. The molecular weight excluding hydrogens is 804 g/mol. The molecule has 0 N–H and O–H groups in total. The van der Waals surface area contributed by atoms with Crippen molar-refractivity contribution in [3.05, 3.63) is 172 Å². The zero-order valence-corrected chi connectivity index (χ0v) is 41.2. The van der Waals surface area contributed by atoms with E-state index in [1.165, 1.54) is 123 Å². The molecule has 0 radical (unpaired) electrons. The van der Waals surface area contributed by atoms with Gasteiger partial charge in [0.15, 0.2) is 0 Å². The molecule has 0 spiro atoms. The summed E-state index contributed by atoms with van der Waals surface area (Å²) < 4.78 is 2.85. The lowest BCUT2D eigenvalue weighted by Crippen LogP contribution is -2.60. The van der Waals surface area contributed by atoms with Gasteiger partial charge < -0.3 is 9.80 Å². The zero-order chi connectivity index (χ0) is 45.3. The van der Waals surface area contributed by atoms with Gasteiger partial charge in [0, 0.05) is 49.1 Å². The van der Waals surface area contributed by atoms with Crippen LogP contribution in [0.4, 0.5) is 34.1 Å². The second kappa shape index (κ2) is 15.0. The first kappa shape index (κ1) is 42.1. The average Bonchev–Trinajstić information content (AvgIpc) is 3.66. The maximum atomic E-state index is 2.70. The molecule has 7 aromatic rings. The van der Waals surface area contributed by atoms with Crippen LogP contribution in [-0.2, 0) is 16.2 Å². The van der Waals surface area contributed by atoms with Crippen LogP contribution in [-0.4, -0.2) is 6.71 Å². The predicted octanol–water partition coefficient (Wildman–Crippen LogP) is 15.6. The molecule has 1 unspecified atom stereocenters. The van der Waals surface area contributed by atoms with Crippen LogP contribution in [0.3, 0.4) is 0 Å². The van der Waals surface area contributed by atoms with Crippen LogP contribution in [0, 0.1) is 13.8 Å². The van der Waals surface area contributed by atoms with E-state index in [4.69, 9.17) is 0 Å². The lowest BCUT2D eigenvalue weighted by Gasteiger charge is -2.45. The van der Waals surface area contributed by atoms with Crippen molar-refractivity contribution in [2.45, 2.75) is 124 Å². The SMILES string of the molecule is Cc1cc(-c2ccccc2)c(N2c3ccc(C(C)C)cc3B3c4sc5cc6c(cc5c4N(c4ccc(C(C)(C)C)cc4)c4cc(C)cc2c43)C(C)(C)CCC6(C)C)c(C2C=CC=CC2)c1. The number of anilines is 6. The van der Waals surface area contributed by atoms with Gasteiger partial charge in [-0.05, 0) is 154 Å². The van der Waals surface area contributed by atoms with Crippen molar-refractivity contribution in [1.29, 1.82) is 0 Å². The third kappa shape index (κ3) is 6.72. The second-order valence-electron chi connectivity index (χ2n) is 22.3. The fraction of sp³-hybridized carbons (Fsp3) is 0.311. The van der Waals surface area contributed by atoms with E-state index < -0.39 is 0 Å². The van der Waals surface area contributed by atoms with E-state index in [1.54, 1.807) is 0 Å². The number of thiophene rings is 1. The first-order valence-corrected chi connectivity index (χ1v) is 25.0. The van der Waals surface area contributed by atoms with Crippen molar-refractivity contribution in [2.75, 3.05) is 9.80 Å². The highest BCUT2D eigenvalue weighted by molar-refractivity contribution is 7.33. The van der Waals surface area contributed by atoms with Crippen molar-refractivity contribution in [2.24, 2.45) is 0 Å². The molecule has 4 heteroatoms. The highest BCUT2D eigenvalue weighted by Crippen LogP contribution is 2.54. The number of benzene rings is 6. The molecule has 2 aliphatic heterocycles. The Hall–Kier alpha value is -5.58. The van der Waals surface area contributed by atoms with Crippen LogP contribution < -0.4 is 25.5 Å². The minimum atomic E-state index is 0.0512. The van der Waals surface area contributed by atoms with E-state index in [9.17, 15) is 0 Å². The van der Waals surface area contributed by atoms with Gasteiger partial charge in [0.25, 0.3) is 6.71 Å². The van der Waals surface area contributed by atoms with Crippen molar-refractivity contribution < 1.29 is 0 Å². The van der Waals surface area contributed by atoms with Crippen LogP contribution in [0.2, 0.25) is 0 Å². The molecule has 1 atom stereocenters. The van der Waals surface area contributed by atoms with Crippen LogP contribution >= 0.6 is 11.3 Å². The van der Waals surface area contributed by atoms with Gasteiger partial charge in [-0.15, -0.1) is 11.3 Å². The van der Waals surface area contributed by atoms with Crippen LogP contribution in [0.1, 0.15) is 132 Å². The van der Waals surface area contributed by atoms with E-state index in [2.05, 4.69) is 219 Å². The second-order valence-corrected chi connectivity index (χ2v) is 23.4. The summed E-state index contributed by atoms with van der Waals surface area (Å²) in [5.74, 6) is 0.641. The number of aryl methyl sites for hydroxylation is 2. The topological polar surface area (TPSA) is 6.48 Å². The minimum Gasteiger partial charge on any atom is -0.311 e. The molecular formula is C61H63BN2S. The summed E-state index contributed by atoms with van der Waals surface area (Å²) >= 11 is 2.05. The van der Waals surface area contributed by atoms with E-state index in [1.807, 2.05) is 11.3 Å².